The Morgan fingerprint density at radius 2 is 1.30 bits per heavy atom. The van der Waals surface area contributed by atoms with Crippen LogP contribution in [0.2, 0.25) is 0 Å². The molecule has 0 amide bonds. The van der Waals surface area contributed by atoms with E-state index < -0.39 is 73.3 Å². The lowest BCUT2D eigenvalue weighted by atomic mass is 9.71. The Labute approximate surface area is 178 Å². The Morgan fingerprint density at radius 1 is 0.800 bits per heavy atom. The molecule has 8 N–H and O–H groups in total. The van der Waals surface area contributed by atoms with E-state index in [1.807, 2.05) is 41.5 Å². The Bertz CT molecular complexity index is 548. The zero-order valence-corrected chi connectivity index (χ0v) is 18.8. The third kappa shape index (κ3) is 5.69. The number of ether oxygens (including phenoxy) is 4. The van der Waals surface area contributed by atoms with Crippen molar-refractivity contribution in [2.75, 3.05) is 13.2 Å². The molecule has 2 fully saturated rings. The van der Waals surface area contributed by atoms with E-state index in [0.29, 0.717) is 0 Å². The van der Waals surface area contributed by atoms with Gasteiger partial charge in [-0.1, -0.05) is 20.8 Å². The molecule has 178 valence electrons. The highest BCUT2D eigenvalue weighted by atomic mass is 16.7. The molecule has 0 radical (unpaired) electrons. The Hall–Kier alpha value is -0.400. The Kier molecular flexibility index (Phi) is 8.29. The molecule has 10 atom stereocenters. The van der Waals surface area contributed by atoms with Crippen molar-refractivity contribution in [3.8, 4) is 0 Å². The molecule has 2 heterocycles. The van der Waals surface area contributed by atoms with Gasteiger partial charge in [-0.2, -0.15) is 0 Å². The quantitative estimate of drug-likeness (QED) is 0.303. The number of nitrogens with two attached hydrogens (primary N) is 2. The maximum Gasteiger partial charge on any atom is 0.176 e. The summed E-state index contributed by atoms with van der Waals surface area (Å²) < 4.78 is 23.3. The minimum absolute atomic E-state index is 0.334. The van der Waals surface area contributed by atoms with Crippen LogP contribution >= 0.6 is 0 Å². The van der Waals surface area contributed by atoms with Gasteiger partial charge in [-0.15, -0.1) is 0 Å². The summed E-state index contributed by atoms with van der Waals surface area (Å²) in [6, 6.07) is -1.89. The zero-order chi connectivity index (χ0) is 23.0. The van der Waals surface area contributed by atoms with Crippen molar-refractivity contribution >= 4 is 0 Å². The van der Waals surface area contributed by atoms with E-state index in [0.717, 1.165) is 0 Å². The van der Waals surface area contributed by atoms with E-state index in [-0.39, 0.29) is 12.0 Å². The van der Waals surface area contributed by atoms with E-state index in [1.165, 1.54) is 0 Å². The van der Waals surface area contributed by atoms with Crippen molar-refractivity contribution in [1.29, 1.82) is 0 Å². The summed E-state index contributed by atoms with van der Waals surface area (Å²) >= 11 is 0. The molecular weight excluding hydrogens is 396 g/mol. The van der Waals surface area contributed by atoms with Gasteiger partial charge in [-0.25, -0.2) is 0 Å². The van der Waals surface area contributed by atoms with Crippen molar-refractivity contribution in [3.63, 3.8) is 0 Å². The van der Waals surface area contributed by atoms with Gasteiger partial charge in [-0.3, -0.25) is 0 Å². The maximum atomic E-state index is 10.8. The summed E-state index contributed by atoms with van der Waals surface area (Å²) in [6.45, 7) is 10.5. The van der Waals surface area contributed by atoms with Crippen LogP contribution in [0.4, 0.5) is 0 Å². The fourth-order valence-corrected chi connectivity index (χ4v) is 4.18. The third-order valence-corrected chi connectivity index (χ3v) is 5.63. The summed E-state index contributed by atoms with van der Waals surface area (Å²) in [4.78, 5) is 0. The second-order valence-electron chi connectivity index (χ2n) is 10.3. The van der Waals surface area contributed by atoms with Gasteiger partial charge in [0, 0.05) is 5.92 Å². The first-order chi connectivity index (χ1) is 13.7. The standard InChI is InChI=1S/C20H40N2O8/c1-19(2,3)11-9(7-23)27-17(12(21)14(11)25)29-16-10(8-24)28-18(13(22)15(16)26)30-20(4,5)6/h9-18,23-26H,7-8,21-22H2,1-6H3/t9?,10?,11-,12?,13?,14-,15+,16-,17-,18-/m0/s1. The normalized spacial score (nSPS) is 43.6. The summed E-state index contributed by atoms with van der Waals surface area (Å²) in [5.74, 6) is -0.426. The molecule has 2 rings (SSSR count). The fourth-order valence-electron chi connectivity index (χ4n) is 4.18. The second-order valence-corrected chi connectivity index (χ2v) is 10.3. The van der Waals surface area contributed by atoms with Gasteiger partial charge in [0.15, 0.2) is 12.6 Å². The highest BCUT2D eigenvalue weighted by Crippen LogP contribution is 2.39. The summed E-state index contributed by atoms with van der Waals surface area (Å²) in [7, 11) is 0. The number of aliphatic hydroxyl groups excluding tert-OH is 4. The predicted molar refractivity (Wildman–Crippen MR) is 108 cm³/mol. The van der Waals surface area contributed by atoms with Crippen LogP contribution in [0.5, 0.6) is 0 Å². The van der Waals surface area contributed by atoms with Crippen LogP contribution in [-0.4, -0.2) is 94.4 Å². The predicted octanol–water partition coefficient (Wildman–Crippen LogP) is -1.34. The lowest BCUT2D eigenvalue weighted by Crippen LogP contribution is -2.68. The molecule has 0 aliphatic carbocycles. The fraction of sp³-hybridized carbons (Fsp3) is 1.00. The van der Waals surface area contributed by atoms with Gasteiger partial charge in [0.1, 0.15) is 18.3 Å². The Morgan fingerprint density at radius 3 is 1.77 bits per heavy atom. The van der Waals surface area contributed by atoms with Crippen LogP contribution < -0.4 is 11.5 Å². The highest BCUT2D eigenvalue weighted by molar-refractivity contribution is 4.99. The molecule has 10 nitrogen and oxygen atoms in total. The minimum atomic E-state index is -1.25. The van der Waals surface area contributed by atoms with Gasteiger partial charge < -0.3 is 50.8 Å². The smallest absolute Gasteiger partial charge is 0.176 e. The molecule has 0 bridgehead atoms. The molecule has 0 aromatic heterocycles. The number of aliphatic hydroxyl groups is 4. The average molecular weight is 437 g/mol. The first kappa shape index (κ1) is 25.9. The number of rotatable bonds is 5. The Balaban J connectivity index is 2.18. The molecule has 30 heavy (non-hydrogen) atoms. The van der Waals surface area contributed by atoms with Gasteiger partial charge in [-0.05, 0) is 26.2 Å². The van der Waals surface area contributed by atoms with E-state index in [4.69, 9.17) is 30.4 Å². The van der Waals surface area contributed by atoms with Crippen LogP contribution in [-0.2, 0) is 18.9 Å². The molecule has 0 aromatic carbocycles. The van der Waals surface area contributed by atoms with Crippen LogP contribution in [0.1, 0.15) is 41.5 Å². The van der Waals surface area contributed by atoms with Crippen molar-refractivity contribution in [2.45, 2.75) is 102 Å². The van der Waals surface area contributed by atoms with Crippen molar-refractivity contribution in [3.05, 3.63) is 0 Å². The van der Waals surface area contributed by atoms with E-state index >= 15 is 0 Å². The van der Waals surface area contributed by atoms with Gasteiger partial charge in [0.2, 0.25) is 0 Å². The van der Waals surface area contributed by atoms with Crippen molar-refractivity contribution < 1.29 is 39.4 Å². The zero-order valence-electron chi connectivity index (χ0n) is 18.8. The first-order valence-electron chi connectivity index (χ1n) is 10.4. The summed E-state index contributed by atoms with van der Waals surface area (Å²) in [6.07, 6.45) is -7.08. The number of hydrogen-bond donors (Lipinski definition) is 6. The molecule has 10 heteroatoms. The third-order valence-electron chi connectivity index (χ3n) is 5.63. The lowest BCUT2D eigenvalue weighted by Gasteiger charge is -2.50. The second kappa shape index (κ2) is 9.62. The SMILES string of the molecule is CC(C)(C)O[C@@H]1OC(CO)[C@H](O[C@@H]2OC(CO)[C@H](C(C)(C)C)[C@H](O)C2N)[C@H](O)C1N. The molecule has 0 saturated carbocycles. The van der Waals surface area contributed by atoms with Crippen LogP contribution in [0.15, 0.2) is 0 Å². The van der Waals surface area contributed by atoms with Crippen molar-refractivity contribution in [2.24, 2.45) is 22.8 Å². The largest absolute Gasteiger partial charge is 0.394 e. The van der Waals surface area contributed by atoms with E-state index in [2.05, 4.69) is 0 Å². The average Bonchev–Trinajstić information content (AvgIpc) is 2.62. The topological polar surface area (TPSA) is 170 Å². The van der Waals surface area contributed by atoms with Gasteiger partial charge in [0.25, 0.3) is 0 Å². The van der Waals surface area contributed by atoms with Gasteiger partial charge in [0.05, 0.1) is 43.1 Å². The van der Waals surface area contributed by atoms with Crippen molar-refractivity contribution in [1.82, 2.24) is 0 Å². The van der Waals surface area contributed by atoms with E-state index in [1.54, 1.807) is 0 Å². The van der Waals surface area contributed by atoms with Gasteiger partial charge >= 0.3 is 0 Å². The molecule has 2 saturated heterocycles. The minimum Gasteiger partial charge on any atom is -0.394 e. The molecule has 4 unspecified atom stereocenters. The first-order valence-corrected chi connectivity index (χ1v) is 10.4. The van der Waals surface area contributed by atoms with Crippen LogP contribution in [0, 0.1) is 11.3 Å². The van der Waals surface area contributed by atoms with Crippen LogP contribution in [0.3, 0.4) is 0 Å². The molecule has 0 spiro atoms. The summed E-state index contributed by atoms with van der Waals surface area (Å²) in [5.41, 5.74) is 11.4. The molecule has 2 aliphatic heterocycles. The maximum absolute atomic E-state index is 10.8. The van der Waals surface area contributed by atoms with Crippen LogP contribution in [0.25, 0.3) is 0 Å². The monoisotopic (exact) mass is 436 g/mol. The highest BCUT2D eigenvalue weighted by Gasteiger charge is 2.52. The number of hydrogen-bond acceptors (Lipinski definition) is 10. The summed E-state index contributed by atoms with van der Waals surface area (Å²) in [5, 5.41) is 41.2. The van der Waals surface area contributed by atoms with E-state index in [9.17, 15) is 20.4 Å². The molecular formula is C20H40N2O8. The lowest BCUT2D eigenvalue weighted by molar-refractivity contribution is -0.337. The molecule has 2 aliphatic rings. The molecule has 0 aromatic rings.